The largest absolute Gasteiger partial charge is 0.392 e. The average molecular weight is 506 g/mol. The lowest BCUT2D eigenvalue weighted by molar-refractivity contribution is 0.0650. The molecular formula is C25H31N9O3. The third-order valence-electron chi connectivity index (χ3n) is 6.37. The molecule has 4 rings (SSSR count). The van der Waals surface area contributed by atoms with Crippen molar-refractivity contribution in [2.24, 2.45) is 0 Å². The Morgan fingerprint density at radius 3 is 2.70 bits per heavy atom. The molecule has 0 unspecified atom stereocenters. The minimum absolute atomic E-state index is 0.105. The van der Waals surface area contributed by atoms with E-state index in [1.165, 1.54) is 17.8 Å². The van der Waals surface area contributed by atoms with Gasteiger partial charge in [-0.3, -0.25) is 19.7 Å². The van der Waals surface area contributed by atoms with E-state index in [0.717, 1.165) is 12.0 Å². The molecule has 0 fully saturated rings. The number of nitrogens with zero attached hydrogens (tertiary/aromatic N) is 7. The average Bonchev–Trinajstić information content (AvgIpc) is 3.58. The van der Waals surface area contributed by atoms with E-state index in [4.69, 9.17) is 10.7 Å². The van der Waals surface area contributed by atoms with Crippen LogP contribution in [0.5, 0.6) is 0 Å². The van der Waals surface area contributed by atoms with Crippen LogP contribution >= 0.6 is 0 Å². The van der Waals surface area contributed by atoms with Crippen molar-refractivity contribution < 1.29 is 14.7 Å². The number of ketones is 1. The minimum atomic E-state index is -0.213. The molecule has 4 heterocycles. The third-order valence-corrected chi connectivity index (χ3v) is 6.37. The number of aromatic nitrogens is 7. The number of aromatic amines is 1. The van der Waals surface area contributed by atoms with Crippen LogP contribution in [0.4, 0.5) is 5.82 Å². The molecule has 1 atom stereocenters. The van der Waals surface area contributed by atoms with Crippen LogP contribution in [-0.4, -0.2) is 69.0 Å². The van der Waals surface area contributed by atoms with E-state index >= 15 is 0 Å². The first kappa shape index (κ1) is 25.9. The molecule has 0 aliphatic carbocycles. The Morgan fingerprint density at radius 1 is 1.24 bits per heavy atom. The molecule has 0 radical (unpaired) electrons. The first-order valence-corrected chi connectivity index (χ1v) is 12.3. The molecule has 1 amide bonds. The molecule has 4 aromatic rings. The molecule has 12 nitrogen and oxygen atoms in total. The lowest BCUT2D eigenvalue weighted by Crippen LogP contribution is -2.41. The number of aliphatic hydroxyl groups excluding tert-OH is 1. The van der Waals surface area contributed by atoms with E-state index in [1.54, 1.807) is 23.5 Å². The number of nitrogen functional groups attached to an aromatic ring is 1. The number of hydrogen-bond acceptors (Lipinski definition) is 9. The first-order chi connectivity index (χ1) is 17.9. The number of hydrogen-bond donors (Lipinski definition) is 3. The summed E-state index contributed by atoms with van der Waals surface area (Å²) in [6, 6.07) is 1.71. The normalized spacial score (nSPS) is 12.1. The van der Waals surface area contributed by atoms with Gasteiger partial charge in [0, 0.05) is 36.1 Å². The highest BCUT2D eigenvalue weighted by Crippen LogP contribution is 2.29. The fourth-order valence-corrected chi connectivity index (χ4v) is 4.57. The molecule has 0 aromatic carbocycles. The van der Waals surface area contributed by atoms with Gasteiger partial charge in [-0.15, -0.1) is 0 Å². The lowest BCUT2D eigenvalue weighted by atomic mass is 10.0. The van der Waals surface area contributed by atoms with E-state index in [9.17, 15) is 14.7 Å². The van der Waals surface area contributed by atoms with Gasteiger partial charge in [-0.25, -0.2) is 9.97 Å². The van der Waals surface area contributed by atoms with Crippen LogP contribution in [0, 0.1) is 0 Å². The van der Waals surface area contributed by atoms with E-state index < -0.39 is 0 Å². The number of carbonyl (C=O) groups excluding carboxylic acids is 2. The number of pyridine rings is 1. The number of Topliss-reactive ketones (excluding diaryl/α,β-unsaturated/α-hetero) is 1. The monoisotopic (exact) mass is 505 g/mol. The Balaban J connectivity index is 1.71. The summed E-state index contributed by atoms with van der Waals surface area (Å²) in [5.74, 6) is -0.0155. The number of fused-ring (bicyclic) bond motifs is 1. The fourth-order valence-electron chi connectivity index (χ4n) is 4.57. The molecule has 0 saturated heterocycles. The van der Waals surface area contributed by atoms with Gasteiger partial charge in [0.15, 0.2) is 11.4 Å². The lowest BCUT2D eigenvalue weighted by Gasteiger charge is -2.30. The minimum Gasteiger partial charge on any atom is -0.392 e. The van der Waals surface area contributed by atoms with Gasteiger partial charge in [-0.05, 0) is 44.2 Å². The highest BCUT2D eigenvalue weighted by Gasteiger charge is 2.27. The summed E-state index contributed by atoms with van der Waals surface area (Å²) < 4.78 is 1.45. The summed E-state index contributed by atoms with van der Waals surface area (Å²) in [6.45, 7) is 5.91. The summed E-state index contributed by atoms with van der Waals surface area (Å²) in [4.78, 5) is 40.6. The van der Waals surface area contributed by atoms with Crippen molar-refractivity contribution in [3.8, 4) is 11.1 Å². The molecule has 4 aromatic heterocycles. The Hall–Kier alpha value is -4.19. The highest BCUT2D eigenvalue weighted by molar-refractivity contribution is 6.00. The standard InChI is InChI=1S/C25H31N9O3/c1-4-8-33(25(37)23-28-14-29-32-23)18(5-2)6-7-20-21(15(3)36)22(26)34-24(31-20)19(12-30-34)17-9-16(13-35)10-27-11-17/h9-12,14,18,35H,4-8,13,26H2,1-3H3,(H,28,29,32)/t18-/m1/s1. The zero-order chi connectivity index (χ0) is 26.5. The second-order valence-electron chi connectivity index (χ2n) is 8.84. The van der Waals surface area contributed by atoms with E-state index in [2.05, 4.69) is 25.3 Å². The summed E-state index contributed by atoms with van der Waals surface area (Å²) in [5.41, 5.74) is 9.86. The Bertz CT molecular complexity index is 1400. The number of anilines is 1. The van der Waals surface area contributed by atoms with Gasteiger partial charge in [0.2, 0.25) is 5.82 Å². The van der Waals surface area contributed by atoms with Crippen LogP contribution in [-0.2, 0) is 13.0 Å². The molecule has 0 aliphatic heterocycles. The van der Waals surface area contributed by atoms with Crippen LogP contribution in [0.15, 0.2) is 31.0 Å². The van der Waals surface area contributed by atoms with Crippen molar-refractivity contribution in [1.82, 2.24) is 39.7 Å². The summed E-state index contributed by atoms with van der Waals surface area (Å²) >= 11 is 0. The molecule has 194 valence electrons. The van der Waals surface area contributed by atoms with Gasteiger partial charge in [0.1, 0.15) is 12.1 Å². The van der Waals surface area contributed by atoms with Crippen LogP contribution in [0.25, 0.3) is 16.8 Å². The first-order valence-electron chi connectivity index (χ1n) is 12.3. The number of H-pyrrole nitrogens is 1. The van der Waals surface area contributed by atoms with Gasteiger partial charge >= 0.3 is 0 Å². The topological polar surface area (TPSA) is 168 Å². The van der Waals surface area contributed by atoms with E-state index in [0.29, 0.717) is 53.8 Å². The van der Waals surface area contributed by atoms with Crippen molar-refractivity contribution in [3.63, 3.8) is 0 Å². The quantitative estimate of drug-likeness (QED) is 0.259. The van der Waals surface area contributed by atoms with Crippen molar-refractivity contribution in [2.75, 3.05) is 12.3 Å². The predicted molar refractivity (Wildman–Crippen MR) is 137 cm³/mol. The van der Waals surface area contributed by atoms with Crippen LogP contribution in [0.3, 0.4) is 0 Å². The molecule has 12 heteroatoms. The number of carbonyl (C=O) groups is 2. The molecular weight excluding hydrogens is 474 g/mol. The Kier molecular flexibility index (Phi) is 7.87. The molecule has 0 bridgehead atoms. The second kappa shape index (κ2) is 11.2. The van der Waals surface area contributed by atoms with Crippen molar-refractivity contribution in [2.45, 2.75) is 59.1 Å². The van der Waals surface area contributed by atoms with Crippen LogP contribution in [0.2, 0.25) is 0 Å². The van der Waals surface area contributed by atoms with Crippen molar-refractivity contribution in [1.29, 1.82) is 0 Å². The zero-order valence-electron chi connectivity index (χ0n) is 21.2. The van der Waals surface area contributed by atoms with Crippen molar-refractivity contribution >= 4 is 23.2 Å². The number of aryl methyl sites for hydroxylation is 1. The molecule has 0 spiro atoms. The number of aliphatic hydroxyl groups is 1. The van der Waals surface area contributed by atoms with Gasteiger partial charge < -0.3 is 15.7 Å². The number of amides is 1. The molecule has 4 N–H and O–H groups in total. The highest BCUT2D eigenvalue weighted by atomic mass is 16.3. The summed E-state index contributed by atoms with van der Waals surface area (Å²) in [7, 11) is 0. The Morgan fingerprint density at radius 2 is 2.05 bits per heavy atom. The molecule has 0 saturated carbocycles. The molecule has 0 aliphatic rings. The predicted octanol–water partition coefficient (Wildman–Crippen LogP) is 2.45. The van der Waals surface area contributed by atoms with Gasteiger partial charge in [-0.2, -0.15) is 14.7 Å². The fraction of sp³-hybridized carbons (Fsp3) is 0.400. The molecule has 37 heavy (non-hydrogen) atoms. The number of rotatable bonds is 11. The SMILES string of the molecule is CCCN(C(=O)c1ncn[nH]1)[C@H](CC)CCc1nc2c(-c3cncc(CO)c3)cnn2c(N)c1C(C)=O. The third kappa shape index (κ3) is 5.19. The Labute approximate surface area is 214 Å². The van der Waals surface area contributed by atoms with Gasteiger partial charge in [-0.1, -0.05) is 13.8 Å². The van der Waals surface area contributed by atoms with E-state index in [1.807, 2.05) is 19.9 Å². The smallest absolute Gasteiger partial charge is 0.291 e. The van der Waals surface area contributed by atoms with Gasteiger partial charge in [0.05, 0.1) is 24.1 Å². The van der Waals surface area contributed by atoms with Crippen LogP contribution < -0.4 is 5.73 Å². The summed E-state index contributed by atoms with van der Waals surface area (Å²) in [5, 5.41) is 20.3. The maximum atomic E-state index is 13.1. The number of nitrogens with one attached hydrogen (secondary N) is 1. The maximum Gasteiger partial charge on any atom is 0.291 e. The zero-order valence-corrected chi connectivity index (χ0v) is 21.2. The maximum absolute atomic E-state index is 13.1. The van der Waals surface area contributed by atoms with Crippen LogP contribution in [0.1, 0.15) is 72.3 Å². The van der Waals surface area contributed by atoms with E-state index in [-0.39, 0.29) is 36.0 Å². The van der Waals surface area contributed by atoms with Crippen molar-refractivity contribution in [3.05, 3.63) is 53.6 Å². The number of nitrogens with two attached hydrogens (primary N) is 1. The van der Waals surface area contributed by atoms with Gasteiger partial charge in [0.25, 0.3) is 5.91 Å². The summed E-state index contributed by atoms with van der Waals surface area (Å²) in [6.07, 6.45) is 8.69. The second-order valence-corrected chi connectivity index (χ2v) is 8.84.